The molecule has 2 aliphatic carbocycles. The van der Waals surface area contributed by atoms with Crippen molar-refractivity contribution < 1.29 is 13.6 Å². The highest BCUT2D eigenvalue weighted by molar-refractivity contribution is 7.99. The highest BCUT2D eigenvalue weighted by Crippen LogP contribution is 2.65. The number of alkyl halides is 2. The van der Waals surface area contributed by atoms with Crippen molar-refractivity contribution in [3.8, 4) is 0 Å². The summed E-state index contributed by atoms with van der Waals surface area (Å²) >= 11 is 0.502. The molecule has 1 N–H and O–H groups in total. The van der Waals surface area contributed by atoms with E-state index in [9.17, 15) is 13.6 Å². The lowest BCUT2D eigenvalue weighted by molar-refractivity contribution is -0.123. The molecule has 2 atom stereocenters. The topological polar surface area (TPSA) is 29.1 Å². The molecule has 2 aliphatic rings. The first-order chi connectivity index (χ1) is 10.8. The Morgan fingerprint density at radius 1 is 1.35 bits per heavy atom. The van der Waals surface area contributed by atoms with Gasteiger partial charge in [-0.3, -0.25) is 4.79 Å². The molecule has 23 heavy (non-hydrogen) atoms. The molecular weight excluding hydrogens is 316 g/mol. The van der Waals surface area contributed by atoms with Gasteiger partial charge in [0.15, 0.2) is 0 Å². The van der Waals surface area contributed by atoms with Gasteiger partial charge in [0.05, 0.1) is 5.41 Å². The number of halogens is 2. The minimum absolute atomic E-state index is 0.00729. The molecule has 3 rings (SSSR count). The van der Waals surface area contributed by atoms with Gasteiger partial charge in [-0.05, 0) is 54.9 Å². The Labute approximate surface area is 139 Å². The van der Waals surface area contributed by atoms with Crippen molar-refractivity contribution in [2.24, 2.45) is 16.7 Å². The van der Waals surface area contributed by atoms with Crippen LogP contribution in [0.5, 0.6) is 0 Å². The second-order valence-electron chi connectivity index (χ2n) is 7.08. The molecule has 0 saturated heterocycles. The molecule has 0 aliphatic heterocycles. The van der Waals surface area contributed by atoms with Gasteiger partial charge in [-0.25, -0.2) is 0 Å². The van der Waals surface area contributed by atoms with Crippen LogP contribution >= 0.6 is 11.8 Å². The molecule has 0 radical (unpaired) electrons. The van der Waals surface area contributed by atoms with E-state index in [1.54, 1.807) is 24.3 Å². The molecule has 2 saturated carbocycles. The van der Waals surface area contributed by atoms with Crippen LogP contribution in [0, 0.1) is 16.7 Å². The van der Waals surface area contributed by atoms with Crippen molar-refractivity contribution in [3.05, 3.63) is 36.4 Å². The first kappa shape index (κ1) is 16.5. The van der Waals surface area contributed by atoms with Crippen LogP contribution in [0.3, 0.4) is 0 Å². The number of hydrogen-bond donors (Lipinski definition) is 1. The largest absolute Gasteiger partial charge is 0.325 e. The first-order valence-electron chi connectivity index (χ1n) is 7.82. The molecule has 0 heterocycles. The van der Waals surface area contributed by atoms with Crippen LogP contribution in [-0.4, -0.2) is 11.7 Å². The van der Waals surface area contributed by atoms with Crippen molar-refractivity contribution in [1.82, 2.24) is 0 Å². The Morgan fingerprint density at radius 2 is 2.00 bits per heavy atom. The summed E-state index contributed by atoms with van der Waals surface area (Å²) in [4.78, 5) is 13.3. The summed E-state index contributed by atoms with van der Waals surface area (Å²) in [5, 5.41) is 2.95. The minimum atomic E-state index is -2.44. The van der Waals surface area contributed by atoms with Gasteiger partial charge in [-0.15, -0.1) is 0 Å². The first-order valence-corrected chi connectivity index (χ1v) is 8.70. The maximum absolute atomic E-state index is 12.9. The van der Waals surface area contributed by atoms with E-state index < -0.39 is 11.2 Å². The van der Waals surface area contributed by atoms with Gasteiger partial charge >= 0.3 is 0 Å². The second kappa shape index (κ2) is 5.62. The molecule has 2 nitrogen and oxygen atoms in total. The summed E-state index contributed by atoms with van der Waals surface area (Å²) in [6.45, 7) is 8.57. The van der Waals surface area contributed by atoms with Crippen LogP contribution in [0.15, 0.2) is 41.3 Å². The predicted octanol–water partition coefficient (Wildman–Crippen LogP) is 5.32. The van der Waals surface area contributed by atoms with Crippen molar-refractivity contribution in [3.63, 3.8) is 0 Å². The summed E-state index contributed by atoms with van der Waals surface area (Å²) in [5.74, 6) is -1.93. The van der Waals surface area contributed by atoms with E-state index in [1.165, 1.54) is 0 Å². The summed E-state index contributed by atoms with van der Waals surface area (Å²) in [6, 6.07) is 6.56. The zero-order chi connectivity index (χ0) is 16.8. The number of carbonyl (C=O) groups excluding carboxylic acids is 1. The smallest absolute Gasteiger partial charge is 0.288 e. The van der Waals surface area contributed by atoms with E-state index in [2.05, 4.69) is 25.7 Å². The van der Waals surface area contributed by atoms with Crippen LogP contribution in [0.4, 0.5) is 14.5 Å². The molecule has 1 aromatic rings. The van der Waals surface area contributed by atoms with Crippen LogP contribution in [0.2, 0.25) is 0 Å². The van der Waals surface area contributed by atoms with Crippen molar-refractivity contribution in [1.29, 1.82) is 0 Å². The zero-order valence-electron chi connectivity index (χ0n) is 13.4. The number of nitrogens with one attached hydrogen (secondary N) is 1. The van der Waals surface area contributed by atoms with Crippen molar-refractivity contribution >= 4 is 23.4 Å². The number of rotatable bonds is 4. The monoisotopic (exact) mass is 337 g/mol. The van der Waals surface area contributed by atoms with Gasteiger partial charge in [-0.1, -0.05) is 37.8 Å². The normalized spacial score (nSPS) is 28.4. The molecule has 1 aromatic carbocycles. The average molecular weight is 337 g/mol. The lowest BCUT2D eigenvalue weighted by Crippen LogP contribution is -2.37. The minimum Gasteiger partial charge on any atom is -0.325 e. The standard InChI is InChI=1S/C18H21F2NOS/c1-11-17(2,3)12-8-9-18(11,10-12)15(22)21-13-4-6-14(7-5-13)23-16(19)20/h4-7,12,16H,1,8-10H2,2-3H3,(H,21,22)/t12-,18+/m1/s1. The molecular formula is C18H21F2NOS. The van der Waals surface area contributed by atoms with E-state index in [1.807, 2.05) is 0 Å². The van der Waals surface area contributed by atoms with Gasteiger partial charge in [0, 0.05) is 10.6 Å². The van der Waals surface area contributed by atoms with E-state index >= 15 is 0 Å². The van der Waals surface area contributed by atoms with Gasteiger partial charge in [0.25, 0.3) is 5.76 Å². The molecule has 0 aromatic heterocycles. The lowest BCUT2D eigenvalue weighted by atomic mass is 9.68. The van der Waals surface area contributed by atoms with Crippen LogP contribution in [-0.2, 0) is 4.79 Å². The van der Waals surface area contributed by atoms with E-state index in [-0.39, 0.29) is 11.3 Å². The Hall–Kier alpha value is -1.36. The maximum Gasteiger partial charge on any atom is 0.288 e. The quantitative estimate of drug-likeness (QED) is 0.595. The summed E-state index contributed by atoms with van der Waals surface area (Å²) in [7, 11) is 0. The van der Waals surface area contributed by atoms with Gasteiger partial charge in [0.1, 0.15) is 0 Å². The third kappa shape index (κ3) is 2.69. The van der Waals surface area contributed by atoms with Crippen molar-refractivity contribution in [2.45, 2.75) is 43.8 Å². The third-order valence-electron chi connectivity index (χ3n) is 5.66. The number of hydrogen-bond acceptors (Lipinski definition) is 2. The molecule has 0 unspecified atom stereocenters. The number of carbonyl (C=O) groups is 1. The lowest BCUT2D eigenvalue weighted by Gasteiger charge is -2.37. The number of benzene rings is 1. The highest BCUT2D eigenvalue weighted by atomic mass is 32.2. The molecule has 2 bridgehead atoms. The van der Waals surface area contributed by atoms with Gasteiger partial charge in [0.2, 0.25) is 5.91 Å². The Balaban J connectivity index is 1.74. The number of amides is 1. The maximum atomic E-state index is 12.9. The van der Waals surface area contributed by atoms with Gasteiger partial charge in [-0.2, -0.15) is 8.78 Å². The predicted molar refractivity (Wildman–Crippen MR) is 89.6 cm³/mol. The molecule has 5 heteroatoms. The van der Waals surface area contributed by atoms with Crippen molar-refractivity contribution in [2.75, 3.05) is 5.32 Å². The highest BCUT2D eigenvalue weighted by Gasteiger charge is 2.60. The number of thioether (sulfide) groups is 1. The van der Waals surface area contributed by atoms with E-state index in [0.29, 0.717) is 28.3 Å². The Kier molecular flexibility index (Phi) is 4.03. The summed E-state index contributed by atoms with van der Waals surface area (Å²) < 4.78 is 24.7. The molecule has 1 amide bonds. The molecule has 0 spiro atoms. The van der Waals surface area contributed by atoms with Gasteiger partial charge < -0.3 is 5.32 Å². The second-order valence-corrected chi connectivity index (χ2v) is 8.14. The van der Waals surface area contributed by atoms with Crippen LogP contribution in [0.1, 0.15) is 33.1 Å². The van der Waals surface area contributed by atoms with E-state index in [0.717, 1.165) is 24.8 Å². The fraction of sp³-hybridized carbons (Fsp3) is 0.500. The Bertz CT molecular complexity index is 641. The average Bonchev–Trinajstić information content (AvgIpc) is 3.01. The van der Waals surface area contributed by atoms with Crippen LogP contribution in [0.25, 0.3) is 0 Å². The number of fused-ring (bicyclic) bond motifs is 2. The fourth-order valence-corrected chi connectivity index (χ4v) is 4.61. The summed E-state index contributed by atoms with van der Waals surface area (Å²) in [5.41, 5.74) is 1.21. The SMILES string of the molecule is C=C1C(C)(C)[C@@H]2CC[C@]1(C(=O)Nc1ccc(SC(F)F)cc1)C2. The third-order valence-corrected chi connectivity index (χ3v) is 6.39. The fourth-order valence-electron chi connectivity index (χ4n) is 4.11. The van der Waals surface area contributed by atoms with Crippen LogP contribution < -0.4 is 5.32 Å². The number of anilines is 1. The van der Waals surface area contributed by atoms with E-state index in [4.69, 9.17) is 0 Å². The summed E-state index contributed by atoms with van der Waals surface area (Å²) in [6.07, 6.45) is 2.78. The molecule has 124 valence electrons. The zero-order valence-corrected chi connectivity index (χ0v) is 14.2. The molecule has 2 fully saturated rings. The Morgan fingerprint density at radius 3 is 2.52 bits per heavy atom.